The number of hydrogen-bond donors (Lipinski definition) is 1. The topological polar surface area (TPSA) is 62.1 Å². The minimum Gasteiger partial charge on any atom is -0.489 e. The fourth-order valence-corrected chi connectivity index (χ4v) is 2.34. The van der Waals surface area contributed by atoms with E-state index in [9.17, 15) is 4.79 Å². The van der Waals surface area contributed by atoms with Crippen molar-refractivity contribution in [3.05, 3.63) is 70.3 Å². The first-order valence-electron chi connectivity index (χ1n) is 8.04. The molecule has 1 aliphatic rings. The van der Waals surface area contributed by atoms with Crippen molar-refractivity contribution in [1.82, 2.24) is 5.32 Å². The Hall–Kier alpha value is -2.77. The molecule has 3 rings (SSSR count). The van der Waals surface area contributed by atoms with Crippen molar-refractivity contribution >= 4 is 23.6 Å². The monoisotopic (exact) mass is 352 g/mol. The van der Waals surface area contributed by atoms with E-state index in [-0.39, 0.29) is 17.5 Å². The standard InChI is InChI=1S/C20H17ClN2O2/c21-17-5-1-15(2-6-17)13-25-19-9-3-14(4-10-19)11-16(12-22)20(24)23-18-7-8-18/h1-6,9-11,18H,7-8,13H2,(H,23,24)/b16-11+. The third kappa shape index (κ3) is 5.10. The Morgan fingerprint density at radius 1 is 1.20 bits per heavy atom. The summed E-state index contributed by atoms with van der Waals surface area (Å²) in [6.45, 7) is 0.444. The molecule has 4 nitrogen and oxygen atoms in total. The van der Waals surface area contributed by atoms with Crippen molar-refractivity contribution in [1.29, 1.82) is 5.26 Å². The van der Waals surface area contributed by atoms with Crippen molar-refractivity contribution in [3.63, 3.8) is 0 Å². The van der Waals surface area contributed by atoms with E-state index in [0.717, 1.165) is 24.0 Å². The Bertz CT molecular complexity index is 816. The fourth-order valence-electron chi connectivity index (χ4n) is 2.21. The molecule has 1 N–H and O–H groups in total. The van der Waals surface area contributed by atoms with Crippen LogP contribution >= 0.6 is 11.6 Å². The van der Waals surface area contributed by atoms with Gasteiger partial charge in [-0.3, -0.25) is 4.79 Å². The fraction of sp³-hybridized carbons (Fsp3) is 0.200. The van der Waals surface area contributed by atoms with Gasteiger partial charge in [0.1, 0.15) is 24.0 Å². The van der Waals surface area contributed by atoms with Crippen LogP contribution in [-0.2, 0) is 11.4 Å². The smallest absolute Gasteiger partial charge is 0.262 e. The van der Waals surface area contributed by atoms with Crippen LogP contribution in [0, 0.1) is 11.3 Å². The molecular weight excluding hydrogens is 336 g/mol. The molecule has 25 heavy (non-hydrogen) atoms. The van der Waals surface area contributed by atoms with Gasteiger partial charge in [0.15, 0.2) is 0 Å². The lowest BCUT2D eigenvalue weighted by Gasteiger charge is -2.07. The molecule has 1 aliphatic carbocycles. The van der Waals surface area contributed by atoms with Gasteiger partial charge in [-0.2, -0.15) is 5.26 Å². The molecule has 0 spiro atoms. The minimum atomic E-state index is -0.312. The number of carbonyl (C=O) groups is 1. The molecule has 126 valence electrons. The molecule has 0 radical (unpaired) electrons. The molecule has 0 atom stereocenters. The van der Waals surface area contributed by atoms with Gasteiger partial charge < -0.3 is 10.1 Å². The molecule has 1 fully saturated rings. The molecule has 0 heterocycles. The van der Waals surface area contributed by atoms with E-state index in [2.05, 4.69) is 5.32 Å². The van der Waals surface area contributed by atoms with Crippen molar-refractivity contribution in [2.75, 3.05) is 0 Å². The Balaban J connectivity index is 1.60. The van der Waals surface area contributed by atoms with E-state index in [4.69, 9.17) is 21.6 Å². The van der Waals surface area contributed by atoms with Crippen molar-refractivity contribution in [2.24, 2.45) is 0 Å². The highest BCUT2D eigenvalue weighted by Crippen LogP contribution is 2.20. The Kier molecular flexibility index (Phi) is 5.37. The van der Waals surface area contributed by atoms with E-state index in [1.54, 1.807) is 6.08 Å². The van der Waals surface area contributed by atoms with Gasteiger partial charge in [-0.1, -0.05) is 35.9 Å². The highest BCUT2D eigenvalue weighted by molar-refractivity contribution is 6.30. The van der Waals surface area contributed by atoms with Crippen LogP contribution < -0.4 is 10.1 Å². The van der Waals surface area contributed by atoms with Crippen molar-refractivity contribution in [2.45, 2.75) is 25.5 Å². The summed E-state index contributed by atoms with van der Waals surface area (Å²) in [7, 11) is 0. The van der Waals surface area contributed by atoms with Crippen LogP contribution in [0.1, 0.15) is 24.0 Å². The molecular formula is C20H17ClN2O2. The summed E-state index contributed by atoms with van der Waals surface area (Å²) in [5.74, 6) is 0.404. The van der Waals surface area contributed by atoms with Crippen LogP contribution in [0.5, 0.6) is 5.75 Å². The minimum absolute atomic E-state index is 0.113. The Labute approximate surface area is 151 Å². The molecule has 0 aromatic heterocycles. The molecule has 0 saturated heterocycles. The number of amides is 1. The molecule has 0 bridgehead atoms. The zero-order chi connectivity index (χ0) is 17.6. The highest BCUT2D eigenvalue weighted by atomic mass is 35.5. The number of hydrogen-bond acceptors (Lipinski definition) is 3. The molecule has 1 saturated carbocycles. The summed E-state index contributed by atoms with van der Waals surface area (Å²) in [4.78, 5) is 11.9. The Morgan fingerprint density at radius 2 is 1.88 bits per heavy atom. The molecule has 0 unspecified atom stereocenters. The largest absolute Gasteiger partial charge is 0.489 e. The lowest BCUT2D eigenvalue weighted by Crippen LogP contribution is -2.26. The maximum atomic E-state index is 11.9. The lowest BCUT2D eigenvalue weighted by atomic mass is 10.1. The molecule has 5 heteroatoms. The van der Waals surface area contributed by atoms with Crippen LogP contribution in [0.2, 0.25) is 5.02 Å². The number of halogens is 1. The Morgan fingerprint density at radius 3 is 2.48 bits per heavy atom. The van der Waals surface area contributed by atoms with Gasteiger partial charge in [-0.25, -0.2) is 0 Å². The maximum Gasteiger partial charge on any atom is 0.262 e. The van der Waals surface area contributed by atoms with Crippen LogP contribution in [0.15, 0.2) is 54.1 Å². The van der Waals surface area contributed by atoms with Crippen molar-refractivity contribution < 1.29 is 9.53 Å². The van der Waals surface area contributed by atoms with Crippen LogP contribution in [0.25, 0.3) is 6.08 Å². The number of nitriles is 1. The summed E-state index contributed by atoms with van der Waals surface area (Å²) in [6.07, 6.45) is 3.56. The van der Waals surface area contributed by atoms with Gasteiger partial charge in [-0.05, 0) is 54.3 Å². The average Bonchev–Trinajstić information content (AvgIpc) is 3.44. The lowest BCUT2D eigenvalue weighted by molar-refractivity contribution is -0.117. The third-order valence-electron chi connectivity index (χ3n) is 3.79. The van der Waals surface area contributed by atoms with E-state index in [1.165, 1.54) is 0 Å². The predicted octanol–water partition coefficient (Wildman–Crippen LogP) is 4.10. The maximum absolute atomic E-state index is 11.9. The summed E-state index contributed by atoms with van der Waals surface area (Å²) in [5.41, 5.74) is 1.92. The van der Waals surface area contributed by atoms with Gasteiger partial charge in [0.2, 0.25) is 0 Å². The van der Waals surface area contributed by atoms with Gasteiger partial charge in [0, 0.05) is 11.1 Å². The molecule has 0 aliphatic heterocycles. The highest BCUT2D eigenvalue weighted by Gasteiger charge is 2.24. The average molecular weight is 353 g/mol. The van der Waals surface area contributed by atoms with E-state index in [0.29, 0.717) is 17.4 Å². The SMILES string of the molecule is N#C/C(=C\c1ccc(OCc2ccc(Cl)cc2)cc1)C(=O)NC1CC1. The summed E-state index contributed by atoms with van der Waals surface area (Å²) in [6, 6.07) is 16.9. The van der Waals surface area contributed by atoms with Crippen LogP contribution in [0.4, 0.5) is 0 Å². The first-order valence-corrected chi connectivity index (χ1v) is 8.42. The summed E-state index contributed by atoms with van der Waals surface area (Å²) >= 11 is 5.86. The van der Waals surface area contributed by atoms with E-state index in [1.807, 2.05) is 54.6 Å². The first-order chi connectivity index (χ1) is 12.1. The summed E-state index contributed by atoms with van der Waals surface area (Å²) < 4.78 is 5.72. The van der Waals surface area contributed by atoms with Gasteiger partial charge >= 0.3 is 0 Å². The van der Waals surface area contributed by atoms with Crippen LogP contribution in [-0.4, -0.2) is 11.9 Å². The zero-order valence-electron chi connectivity index (χ0n) is 13.5. The van der Waals surface area contributed by atoms with Crippen molar-refractivity contribution in [3.8, 4) is 11.8 Å². The van der Waals surface area contributed by atoms with Gasteiger partial charge in [0.05, 0.1) is 0 Å². The second-order valence-corrected chi connectivity index (χ2v) is 6.34. The quantitative estimate of drug-likeness (QED) is 0.628. The number of ether oxygens (including phenoxy) is 1. The summed E-state index contributed by atoms with van der Waals surface area (Å²) in [5, 5.41) is 12.7. The number of benzene rings is 2. The number of carbonyl (C=O) groups excluding carboxylic acids is 1. The molecule has 2 aromatic rings. The number of rotatable bonds is 6. The zero-order valence-corrected chi connectivity index (χ0v) is 14.3. The van der Waals surface area contributed by atoms with Crippen LogP contribution in [0.3, 0.4) is 0 Å². The first kappa shape index (κ1) is 17.1. The molecule has 2 aromatic carbocycles. The number of nitrogens with zero attached hydrogens (tertiary/aromatic N) is 1. The molecule has 1 amide bonds. The second-order valence-electron chi connectivity index (χ2n) is 5.90. The van der Waals surface area contributed by atoms with E-state index < -0.39 is 0 Å². The third-order valence-corrected chi connectivity index (χ3v) is 4.04. The normalized spacial score (nSPS) is 13.8. The van der Waals surface area contributed by atoms with Gasteiger partial charge in [0.25, 0.3) is 5.91 Å². The second kappa shape index (κ2) is 7.87. The van der Waals surface area contributed by atoms with Gasteiger partial charge in [-0.15, -0.1) is 0 Å². The van der Waals surface area contributed by atoms with E-state index >= 15 is 0 Å². The number of nitrogens with one attached hydrogen (secondary N) is 1. The predicted molar refractivity (Wildman–Crippen MR) is 97.0 cm³/mol.